The molecule has 2 saturated carbocycles. The van der Waals surface area contributed by atoms with Gasteiger partial charge in [0.15, 0.2) is 11.6 Å². The van der Waals surface area contributed by atoms with Crippen LogP contribution in [0.1, 0.15) is 25.7 Å². The largest absolute Gasteiger partial charge is 0.394 e. The zero-order valence-corrected chi connectivity index (χ0v) is 18.3. The number of aliphatic hydroxyl groups is 7. The lowest BCUT2D eigenvalue weighted by Crippen LogP contribution is -2.82. The second kappa shape index (κ2) is 8.33. The summed E-state index contributed by atoms with van der Waals surface area (Å²) in [7, 11) is 3.72. The fourth-order valence-electron chi connectivity index (χ4n) is 5.61. The highest BCUT2D eigenvalue weighted by molar-refractivity contribution is 5.17. The molecule has 6 fully saturated rings. The molecule has 2 aliphatic carbocycles. The highest BCUT2D eigenvalue weighted by atomic mass is 16.8. The van der Waals surface area contributed by atoms with E-state index in [1.807, 2.05) is 19.0 Å². The molecule has 32 heavy (non-hydrogen) atoms. The van der Waals surface area contributed by atoms with Crippen molar-refractivity contribution in [3.05, 3.63) is 0 Å². The minimum Gasteiger partial charge on any atom is -0.394 e. The number of hydrogen-bond acceptors (Lipinski definition) is 12. The molecule has 4 saturated heterocycles. The van der Waals surface area contributed by atoms with Gasteiger partial charge in [-0.15, -0.1) is 0 Å². The van der Waals surface area contributed by atoms with Crippen molar-refractivity contribution < 1.29 is 54.7 Å². The number of fused-ring (bicyclic) bond motifs is 6. The lowest BCUT2D eigenvalue weighted by molar-refractivity contribution is -0.486. The van der Waals surface area contributed by atoms with Gasteiger partial charge in [0, 0.05) is 19.4 Å². The number of aliphatic hydroxyl groups excluding tert-OH is 6. The topological polar surface area (TPSA) is 182 Å². The van der Waals surface area contributed by atoms with E-state index in [2.05, 4.69) is 0 Å². The average Bonchev–Trinajstić information content (AvgIpc) is 2.77. The van der Waals surface area contributed by atoms with E-state index in [0.717, 1.165) is 0 Å². The van der Waals surface area contributed by atoms with Crippen molar-refractivity contribution in [1.29, 1.82) is 0 Å². The van der Waals surface area contributed by atoms with E-state index in [9.17, 15) is 35.7 Å². The highest BCUT2D eigenvalue weighted by Gasteiger charge is 2.73. The van der Waals surface area contributed by atoms with Gasteiger partial charge in [-0.1, -0.05) is 0 Å². The van der Waals surface area contributed by atoms with E-state index in [1.165, 1.54) is 0 Å². The number of nitrogens with zero attached hydrogens (tertiary/aromatic N) is 1. The van der Waals surface area contributed by atoms with Gasteiger partial charge in [0.05, 0.1) is 19.8 Å². The molecule has 4 aliphatic heterocycles. The summed E-state index contributed by atoms with van der Waals surface area (Å²) in [6.07, 6.45) is -8.68. The molecule has 4 bridgehead atoms. The zero-order chi connectivity index (χ0) is 23.5. The van der Waals surface area contributed by atoms with Crippen molar-refractivity contribution in [1.82, 2.24) is 4.90 Å². The molecule has 0 aromatic rings. The minimum absolute atomic E-state index is 0.0343. The van der Waals surface area contributed by atoms with Gasteiger partial charge >= 0.3 is 0 Å². The summed E-state index contributed by atoms with van der Waals surface area (Å²) in [5.41, 5.74) is -3.54. The van der Waals surface area contributed by atoms with Gasteiger partial charge < -0.3 is 59.6 Å². The first-order valence-electron chi connectivity index (χ1n) is 11.0. The number of hydrogen-bond donors (Lipinski definition) is 7. The highest BCUT2D eigenvalue weighted by Crippen LogP contribution is 2.55. The van der Waals surface area contributed by atoms with Gasteiger partial charge in [-0.2, -0.15) is 0 Å². The first-order chi connectivity index (χ1) is 15.0. The predicted octanol–water partition coefficient (Wildman–Crippen LogP) is -3.74. The van der Waals surface area contributed by atoms with Crippen molar-refractivity contribution >= 4 is 0 Å². The van der Waals surface area contributed by atoms with Crippen molar-refractivity contribution in [3.63, 3.8) is 0 Å². The van der Waals surface area contributed by atoms with Gasteiger partial charge in [0.2, 0.25) is 0 Å². The molecule has 6 aliphatic rings. The van der Waals surface area contributed by atoms with E-state index < -0.39 is 72.6 Å². The van der Waals surface area contributed by atoms with Crippen LogP contribution in [0.25, 0.3) is 0 Å². The first kappa shape index (κ1) is 24.6. The van der Waals surface area contributed by atoms with Gasteiger partial charge in [-0.05, 0) is 26.9 Å². The standard InChI is InChI=1S/C20H35NO11/c1-21(2)7-8-29-19-6-4-18(12(10-23)31-19,14(25)16(19)27)32-20-5-3-17(28,11(9-22)30-20)13(24)15(20)26/h11-16,22-28H,3-10H2,1-2H3/t11-,12-,13?,14?,15-,16-,17?,18?,19-,20-/m0/s1. The van der Waals surface area contributed by atoms with Crippen LogP contribution in [0.5, 0.6) is 0 Å². The van der Waals surface area contributed by atoms with E-state index in [4.69, 9.17) is 18.9 Å². The van der Waals surface area contributed by atoms with Crippen LogP contribution < -0.4 is 0 Å². The van der Waals surface area contributed by atoms with Crippen molar-refractivity contribution in [3.8, 4) is 0 Å². The second-order valence-electron chi connectivity index (χ2n) is 9.68. The summed E-state index contributed by atoms with van der Waals surface area (Å²) < 4.78 is 23.7. The van der Waals surface area contributed by atoms with E-state index in [-0.39, 0.29) is 32.3 Å². The predicted molar refractivity (Wildman–Crippen MR) is 105 cm³/mol. The van der Waals surface area contributed by atoms with Crippen LogP contribution in [-0.4, -0.2) is 141 Å². The monoisotopic (exact) mass is 465 g/mol. The van der Waals surface area contributed by atoms with Crippen LogP contribution in [0.3, 0.4) is 0 Å². The lowest BCUT2D eigenvalue weighted by atomic mass is 9.67. The molecule has 12 heteroatoms. The van der Waals surface area contributed by atoms with Crippen molar-refractivity contribution in [2.45, 2.75) is 85.1 Å². The second-order valence-corrected chi connectivity index (χ2v) is 9.68. The third kappa shape index (κ3) is 3.36. The Balaban J connectivity index is 1.61. The van der Waals surface area contributed by atoms with E-state index in [1.54, 1.807) is 0 Å². The molecular weight excluding hydrogens is 430 g/mol. The van der Waals surface area contributed by atoms with Gasteiger partial charge in [-0.25, -0.2) is 0 Å². The Hall–Kier alpha value is -0.480. The molecule has 4 unspecified atom stereocenters. The Bertz CT molecular complexity index is 690. The molecule has 4 heterocycles. The van der Waals surface area contributed by atoms with Crippen LogP contribution in [-0.2, 0) is 18.9 Å². The maximum Gasteiger partial charge on any atom is 0.198 e. The summed E-state index contributed by atoms with van der Waals surface area (Å²) in [6.45, 7) is -0.444. The SMILES string of the molecule is CN(C)CCO[C@]12CCC(O[C@@]34CCC(O)(C(O)[C@@H]3O)[C@H](CO)O4)(C(O)[C@@H]1O)[C@H](CO)O2. The fraction of sp³-hybridized carbons (Fsp3) is 1.00. The van der Waals surface area contributed by atoms with Gasteiger partial charge in [0.1, 0.15) is 47.8 Å². The zero-order valence-electron chi connectivity index (χ0n) is 18.3. The smallest absolute Gasteiger partial charge is 0.198 e. The van der Waals surface area contributed by atoms with E-state index >= 15 is 0 Å². The lowest BCUT2D eigenvalue weighted by Gasteiger charge is -2.65. The summed E-state index contributed by atoms with van der Waals surface area (Å²) in [5, 5.41) is 73.7. The third-order valence-electron chi connectivity index (χ3n) is 7.62. The van der Waals surface area contributed by atoms with E-state index in [0.29, 0.717) is 6.54 Å². The third-order valence-corrected chi connectivity index (χ3v) is 7.62. The summed E-state index contributed by atoms with van der Waals surface area (Å²) in [6, 6.07) is 0. The van der Waals surface area contributed by atoms with Crippen LogP contribution >= 0.6 is 0 Å². The molecule has 0 amide bonds. The van der Waals surface area contributed by atoms with Crippen molar-refractivity contribution in [2.24, 2.45) is 0 Å². The maximum absolute atomic E-state index is 11.1. The van der Waals surface area contributed by atoms with Crippen LogP contribution in [0.2, 0.25) is 0 Å². The van der Waals surface area contributed by atoms with Crippen LogP contribution in [0, 0.1) is 0 Å². The summed E-state index contributed by atoms with van der Waals surface area (Å²) in [5.74, 6) is -3.42. The Morgan fingerprint density at radius 2 is 1.41 bits per heavy atom. The fourth-order valence-corrected chi connectivity index (χ4v) is 5.61. The molecule has 10 atom stereocenters. The maximum atomic E-state index is 11.1. The molecule has 0 aromatic carbocycles. The molecular formula is C20H35NO11. The first-order valence-corrected chi connectivity index (χ1v) is 11.0. The Morgan fingerprint density at radius 1 is 0.812 bits per heavy atom. The summed E-state index contributed by atoms with van der Waals surface area (Å²) >= 11 is 0. The number of likely N-dealkylation sites (N-methyl/N-ethyl adjacent to an activating group) is 1. The van der Waals surface area contributed by atoms with Crippen molar-refractivity contribution in [2.75, 3.05) is 40.5 Å². The molecule has 7 N–H and O–H groups in total. The Kier molecular flexibility index (Phi) is 6.41. The normalized spacial score (nSPS) is 52.7. The molecule has 186 valence electrons. The summed E-state index contributed by atoms with van der Waals surface area (Å²) in [4.78, 5) is 1.89. The number of ether oxygens (including phenoxy) is 4. The molecule has 0 aromatic heterocycles. The number of rotatable bonds is 8. The Labute approximate surface area is 185 Å². The van der Waals surface area contributed by atoms with Crippen LogP contribution in [0.15, 0.2) is 0 Å². The average molecular weight is 465 g/mol. The Morgan fingerprint density at radius 3 is 2.03 bits per heavy atom. The molecule has 6 rings (SSSR count). The van der Waals surface area contributed by atoms with Gasteiger partial charge in [-0.3, -0.25) is 0 Å². The molecule has 12 nitrogen and oxygen atoms in total. The minimum atomic E-state index is -1.89. The quantitative estimate of drug-likeness (QED) is 0.186. The van der Waals surface area contributed by atoms with Gasteiger partial charge in [0.25, 0.3) is 0 Å². The molecule has 0 spiro atoms. The molecule has 0 radical (unpaired) electrons. The van der Waals surface area contributed by atoms with Crippen LogP contribution in [0.4, 0.5) is 0 Å².